The van der Waals surface area contributed by atoms with Crippen molar-refractivity contribution in [2.45, 2.75) is 11.8 Å². The smallest absolute Gasteiger partial charge is 0.332 e. The quantitative estimate of drug-likeness (QED) is 0.704. The number of hydrogen-bond donors (Lipinski definition) is 0. The van der Waals surface area contributed by atoms with Gasteiger partial charge < -0.3 is 4.74 Å². The van der Waals surface area contributed by atoms with Crippen LogP contribution < -0.4 is 4.74 Å². The van der Waals surface area contributed by atoms with Crippen molar-refractivity contribution in [1.82, 2.24) is 0 Å². The van der Waals surface area contributed by atoms with Crippen LogP contribution in [0.3, 0.4) is 0 Å². The van der Waals surface area contributed by atoms with E-state index in [-0.39, 0.29) is 4.90 Å². The van der Waals surface area contributed by atoms with Crippen molar-refractivity contribution in [2.75, 3.05) is 6.61 Å². The second-order valence-corrected chi connectivity index (χ2v) is 3.69. The monoisotopic (exact) mass is 204 g/mol. The number of halogens is 1. The first-order valence-electron chi connectivity index (χ1n) is 3.71. The van der Waals surface area contributed by atoms with Gasteiger partial charge in [0.1, 0.15) is 10.6 Å². The highest BCUT2D eigenvalue weighted by Gasteiger charge is 2.11. The molecule has 0 bridgehead atoms. The van der Waals surface area contributed by atoms with Gasteiger partial charge in [0.25, 0.3) is 0 Å². The molecule has 0 N–H and O–H groups in total. The van der Waals surface area contributed by atoms with E-state index in [0.717, 1.165) is 6.07 Å². The molecule has 0 atom stereocenters. The van der Waals surface area contributed by atoms with Gasteiger partial charge in [0.2, 0.25) is 0 Å². The van der Waals surface area contributed by atoms with Crippen LogP contribution >= 0.6 is 0 Å². The van der Waals surface area contributed by atoms with Gasteiger partial charge in [-0.2, -0.15) is 8.42 Å². The van der Waals surface area contributed by atoms with Crippen LogP contribution in [0.25, 0.3) is 0 Å². The molecule has 0 unspecified atom stereocenters. The Kier molecular flexibility index (Phi) is 2.87. The summed E-state index contributed by atoms with van der Waals surface area (Å²) in [6.45, 7) is 2.17. The fraction of sp³-hybridized carbons (Fsp3) is 0.250. The SMILES string of the molecule is CCOc1cccc(S(=O)(=O)F)c1. The minimum Gasteiger partial charge on any atom is -0.494 e. The lowest BCUT2D eigenvalue weighted by Crippen LogP contribution is -1.95. The number of benzene rings is 1. The lowest BCUT2D eigenvalue weighted by atomic mass is 10.3. The first-order valence-corrected chi connectivity index (χ1v) is 5.10. The molecule has 0 aliphatic heterocycles. The van der Waals surface area contributed by atoms with Crippen LogP contribution in [-0.2, 0) is 10.2 Å². The van der Waals surface area contributed by atoms with Gasteiger partial charge in [0, 0.05) is 6.07 Å². The van der Waals surface area contributed by atoms with E-state index in [9.17, 15) is 12.3 Å². The van der Waals surface area contributed by atoms with Gasteiger partial charge in [-0.15, -0.1) is 3.89 Å². The molecule has 0 aliphatic rings. The van der Waals surface area contributed by atoms with E-state index < -0.39 is 10.2 Å². The Morgan fingerprint density at radius 3 is 2.69 bits per heavy atom. The van der Waals surface area contributed by atoms with E-state index in [0.29, 0.717) is 12.4 Å². The third kappa shape index (κ3) is 2.69. The van der Waals surface area contributed by atoms with E-state index in [2.05, 4.69) is 0 Å². The molecule has 72 valence electrons. The minimum atomic E-state index is -4.62. The molecule has 3 nitrogen and oxygen atoms in total. The highest BCUT2D eigenvalue weighted by atomic mass is 32.3. The highest BCUT2D eigenvalue weighted by Crippen LogP contribution is 2.18. The average molecular weight is 204 g/mol. The third-order valence-electron chi connectivity index (χ3n) is 1.40. The fourth-order valence-electron chi connectivity index (χ4n) is 0.882. The summed E-state index contributed by atoms with van der Waals surface area (Å²) in [6.07, 6.45) is 0. The summed E-state index contributed by atoms with van der Waals surface area (Å²) in [4.78, 5) is -0.376. The van der Waals surface area contributed by atoms with Gasteiger partial charge in [0.05, 0.1) is 6.61 Å². The van der Waals surface area contributed by atoms with Crippen molar-refractivity contribution in [3.8, 4) is 5.75 Å². The van der Waals surface area contributed by atoms with Crippen molar-refractivity contribution < 1.29 is 17.0 Å². The molecule has 0 saturated heterocycles. The van der Waals surface area contributed by atoms with Crippen LogP contribution in [0.5, 0.6) is 5.75 Å². The molecule has 0 amide bonds. The summed E-state index contributed by atoms with van der Waals surface area (Å²) in [5, 5.41) is 0. The molecule has 1 aromatic rings. The van der Waals surface area contributed by atoms with Gasteiger partial charge in [-0.05, 0) is 19.1 Å². The predicted molar refractivity (Wildman–Crippen MR) is 45.9 cm³/mol. The van der Waals surface area contributed by atoms with Crippen molar-refractivity contribution >= 4 is 10.2 Å². The first-order chi connectivity index (χ1) is 6.04. The van der Waals surface area contributed by atoms with Crippen molar-refractivity contribution in [1.29, 1.82) is 0 Å². The zero-order valence-corrected chi connectivity index (χ0v) is 7.84. The molecule has 0 heterocycles. The second-order valence-electron chi connectivity index (χ2n) is 2.35. The van der Waals surface area contributed by atoms with Crippen LogP contribution in [0.2, 0.25) is 0 Å². The number of hydrogen-bond acceptors (Lipinski definition) is 3. The summed E-state index contributed by atoms with van der Waals surface area (Å²) in [5.74, 6) is 0.348. The molecule has 0 spiro atoms. The van der Waals surface area contributed by atoms with Gasteiger partial charge >= 0.3 is 10.2 Å². The van der Waals surface area contributed by atoms with Crippen LogP contribution in [0.4, 0.5) is 3.89 Å². The lowest BCUT2D eigenvalue weighted by Gasteiger charge is -2.02. The summed E-state index contributed by atoms with van der Waals surface area (Å²) >= 11 is 0. The Hall–Kier alpha value is -1.10. The van der Waals surface area contributed by atoms with Gasteiger partial charge in [-0.1, -0.05) is 6.07 Å². The molecule has 5 heteroatoms. The average Bonchev–Trinajstić information content (AvgIpc) is 2.04. The van der Waals surface area contributed by atoms with Crippen LogP contribution in [0.15, 0.2) is 29.2 Å². The molecule has 0 aromatic heterocycles. The van der Waals surface area contributed by atoms with E-state index in [1.807, 2.05) is 0 Å². The maximum Gasteiger partial charge on any atom is 0.332 e. The topological polar surface area (TPSA) is 43.4 Å². The van der Waals surface area contributed by atoms with E-state index in [4.69, 9.17) is 4.74 Å². The maximum atomic E-state index is 12.5. The summed E-state index contributed by atoms with van der Waals surface area (Å²) in [7, 11) is -4.62. The number of ether oxygens (including phenoxy) is 1. The van der Waals surface area contributed by atoms with E-state index in [1.165, 1.54) is 12.1 Å². The van der Waals surface area contributed by atoms with Crippen LogP contribution in [0, 0.1) is 0 Å². The van der Waals surface area contributed by atoms with E-state index >= 15 is 0 Å². The molecule has 1 aromatic carbocycles. The lowest BCUT2D eigenvalue weighted by molar-refractivity contribution is 0.339. The molecule has 0 radical (unpaired) electrons. The van der Waals surface area contributed by atoms with Crippen LogP contribution in [-0.4, -0.2) is 15.0 Å². The molecule has 0 aliphatic carbocycles. The zero-order chi connectivity index (χ0) is 9.90. The van der Waals surface area contributed by atoms with Crippen molar-refractivity contribution in [3.05, 3.63) is 24.3 Å². The Morgan fingerprint density at radius 2 is 2.15 bits per heavy atom. The largest absolute Gasteiger partial charge is 0.494 e. The van der Waals surface area contributed by atoms with Gasteiger partial charge in [0.15, 0.2) is 0 Å². The Bertz CT molecular complexity index is 386. The predicted octanol–water partition coefficient (Wildman–Crippen LogP) is 1.74. The first kappa shape index (κ1) is 9.98. The molecular weight excluding hydrogens is 195 g/mol. The Morgan fingerprint density at radius 1 is 1.46 bits per heavy atom. The zero-order valence-electron chi connectivity index (χ0n) is 7.03. The van der Waals surface area contributed by atoms with Crippen molar-refractivity contribution in [3.63, 3.8) is 0 Å². The molecule has 0 fully saturated rings. The molecule has 0 saturated carbocycles. The summed E-state index contributed by atoms with van der Waals surface area (Å²) in [5.41, 5.74) is 0. The highest BCUT2D eigenvalue weighted by molar-refractivity contribution is 7.86. The third-order valence-corrected chi connectivity index (χ3v) is 2.22. The second kappa shape index (κ2) is 3.74. The normalized spacial score (nSPS) is 11.2. The molecule has 13 heavy (non-hydrogen) atoms. The summed E-state index contributed by atoms with van der Waals surface area (Å²) in [6, 6.07) is 5.33. The molecule has 1 rings (SSSR count). The van der Waals surface area contributed by atoms with Gasteiger partial charge in [-0.3, -0.25) is 0 Å². The maximum absolute atomic E-state index is 12.5. The van der Waals surface area contributed by atoms with Crippen molar-refractivity contribution in [2.24, 2.45) is 0 Å². The summed E-state index contributed by atoms with van der Waals surface area (Å²) < 4.78 is 38.4. The van der Waals surface area contributed by atoms with Gasteiger partial charge in [-0.25, -0.2) is 0 Å². The van der Waals surface area contributed by atoms with Crippen LogP contribution in [0.1, 0.15) is 6.92 Å². The standard InChI is InChI=1S/C8H9FO3S/c1-2-12-7-4-3-5-8(6-7)13(9,10)11/h3-6H,2H2,1H3. The van der Waals surface area contributed by atoms with E-state index in [1.54, 1.807) is 13.0 Å². The molecular formula is C8H9FO3S. The number of rotatable bonds is 3. The Labute approximate surface area is 76.4 Å². The minimum absolute atomic E-state index is 0.348. The Balaban J connectivity index is 3.06. The fourth-order valence-corrected chi connectivity index (χ4v) is 1.38.